The average molecular weight is 616 g/mol. The van der Waals surface area contributed by atoms with Gasteiger partial charge in [0, 0.05) is 57.3 Å². The number of nitrogens with one attached hydrogen (secondary N) is 2. The minimum atomic E-state index is -0.771. The van der Waals surface area contributed by atoms with Crippen LogP contribution in [0.4, 0.5) is 0 Å². The Kier molecular flexibility index (Phi) is 8.74. The minimum Gasteiger partial charge on any atom is -0.389 e. The van der Waals surface area contributed by atoms with Crippen molar-refractivity contribution in [3.8, 4) is 12.0 Å². The molecule has 0 radical (unpaired) electrons. The molecular weight excluding hydrogens is 596 g/mol. The predicted octanol–water partition coefficient (Wildman–Crippen LogP) is 4.09. The number of imidazole rings is 2. The Morgan fingerprint density at radius 2 is 1.14 bits per heavy atom. The van der Waals surface area contributed by atoms with Crippen molar-refractivity contribution in [3.05, 3.63) is 92.9 Å². The maximum absolute atomic E-state index is 12.0. The fraction of sp³-hybridized carbons (Fsp3) is 0.167. The second-order valence-electron chi connectivity index (χ2n) is 7.63. The first kappa shape index (κ1) is 25.5. The number of esters is 2. The number of hydrogen-bond donors (Lipinski definition) is 2. The zero-order chi connectivity index (χ0) is 25.3. The number of rotatable bonds is 10. The Morgan fingerprint density at radius 1 is 0.694 bits per heavy atom. The number of ether oxygens (including phenoxy) is 2. The lowest BCUT2D eigenvalue weighted by Crippen LogP contribution is -2.09. The van der Waals surface area contributed by atoms with Crippen LogP contribution in [-0.2, 0) is 35.3 Å². The van der Waals surface area contributed by atoms with Crippen LogP contribution in [-0.4, -0.2) is 41.8 Å². The van der Waals surface area contributed by atoms with Gasteiger partial charge >= 0.3 is 24.0 Å². The molecule has 0 aromatic carbocycles. The van der Waals surface area contributed by atoms with Crippen LogP contribution in [0.25, 0.3) is 0 Å². The van der Waals surface area contributed by atoms with E-state index in [4.69, 9.17) is 9.47 Å². The second kappa shape index (κ2) is 12.4. The molecule has 4 heterocycles. The van der Waals surface area contributed by atoms with Crippen molar-refractivity contribution in [2.24, 2.45) is 0 Å². The number of aryl methyl sites for hydroxylation is 4. The van der Waals surface area contributed by atoms with Crippen LogP contribution < -0.4 is 9.47 Å². The molecule has 2 N–H and O–H groups in total. The number of carbonyl (C=O) groups excluding carboxylic acids is 2. The summed E-state index contributed by atoms with van der Waals surface area (Å²) in [5.41, 5.74) is 3.71. The van der Waals surface area contributed by atoms with Crippen molar-refractivity contribution in [2.45, 2.75) is 25.7 Å². The third kappa shape index (κ3) is 7.95. The molecule has 0 aliphatic rings. The zero-order valence-corrected chi connectivity index (χ0v) is 22.0. The Morgan fingerprint density at radius 3 is 1.56 bits per heavy atom. The van der Waals surface area contributed by atoms with E-state index in [0.29, 0.717) is 12.8 Å². The molecule has 0 amide bonds. The molecule has 0 atom stereocenters. The van der Waals surface area contributed by atoms with Gasteiger partial charge in [-0.2, -0.15) is 0 Å². The van der Waals surface area contributed by atoms with E-state index in [1.54, 1.807) is 37.2 Å². The van der Waals surface area contributed by atoms with Crippen molar-refractivity contribution >= 4 is 43.8 Å². The number of aromatic nitrogens is 6. The number of hydrogen-bond acceptors (Lipinski definition) is 8. The molecule has 4 rings (SSSR count). The SMILES string of the molecule is O=C(/C=C/C(=O)Oc1ncc(CCc2cncc(Br)c2)[nH]1)Oc1ncc(CCc2cncc(Br)c2)[nH]1. The summed E-state index contributed by atoms with van der Waals surface area (Å²) in [5, 5.41) is 0. The van der Waals surface area contributed by atoms with E-state index in [-0.39, 0.29) is 12.0 Å². The Bertz CT molecular complexity index is 1280. The van der Waals surface area contributed by atoms with Gasteiger partial charge in [-0.15, -0.1) is 0 Å². The molecule has 4 aromatic heterocycles. The van der Waals surface area contributed by atoms with Crippen molar-refractivity contribution in [1.82, 2.24) is 29.9 Å². The first-order valence-corrected chi connectivity index (χ1v) is 12.4. The fourth-order valence-electron chi connectivity index (χ4n) is 3.17. The van der Waals surface area contributed by atoms with E-state index in [1.165, 1.54) is 0 Å². The van der Waals surface area contributed by atoms with Crippen LogP contribution in [0, 0.1) is 0 Å². The summed E-state index contributed by atoms with van der Waals surface area (Å²) >= 11 is 6.78. The molecule has 0 bridgehead atoms. The monoisotopic (exact) mass is 614 g/mol. The predicted molar refractivity (Wildman–Crippen MR) is 136 cm³/mol. The van der Waals surface area contributed by atoms with E-state index in [0.717, 1.165) is 56.5 Å². The molecule has 36 heavy (non-hydrogen) atoms. The molecule has 0 aliphatic carbocycles. The number of nitrogens with zero attached hydrogens (tertiary/aromatic N) is 4. The van der Waals surface area contributed by atoms with Gasteiger partial charge in [-0.1, -0.05) is 0 Å². The molecule has 0 aliphatic heterocycles. The maximum Gasteiger partial charge on any atom is 0.338 e. The number of carbonyl (C=O) groups is 2. The molecule has 0 saturated carbocycles. The number of pyridine rings is 2. The molecule has 0 unspecified atom stereocenters. The van der Waals surface area contributed by atoms with Crippen molar-refractivity contribution in [3.63, 3.8) is 0 Å². The molecule has 0 fully saturated rings. The number of aromatic amines is 2. The van der Waals surface area contributed by atoms with E-state index < -0.39 is 11.9 Å². The van der Waals surface area contributed by atoms with E-state index in [2.05, 4.69) is 61.8 Å². The first-order chi connectivity index (χ1) is 17.4. The summed E-state index contributed by atoms with van der Waals surface area (Å²) in [7, 11) is 0. The van der Waals surface area contributed by atoms with Crippen molar-refractivity contribution < 1.29 is 19.1 Å². The zero-order valence-electron chi connectivity index (χ0n) is 18.8. The van der Waals surface area contributed by atoms with Gasteiger partial charge < -0.3 is 19.4 Å². The second-order valence-corrected chi connectivity index (χ2v) is 9.46. The highest BCUT2D eigenvalue weighted by molar-refractivity contribution is 9.10. The standard InChI is InChI=1S/C24H20Br2N6O4/c25-17-7-15(9-27-11-17)1-3-19-13-29-23(31-19)35-21(33)5-6-22(34)36-24-30-14-20(32-24)4-2-16-8-18(26)12-28-10-16/h5-14H,1-4H2,(H,29,31)(H,30,32)/b6-5+. The van der Waals surface area contributed by atoms with Crippen molar-refractivity contribution in [2.75, 3.05) is 0 Å². The van der Waals surface area contributed by atoms with Crippen LogP contribution in [0.1, 0.15) is 22.5 Å². The third-order valence-electron chi connectivity index (χ3n) is 4.85. The Hall–Kier alpha value is -3.64. The normalized spacial score (nSPS) is 11.1. The molecule has 184 valence electrons. The average Bonchev–Trinajstić information content (AvgIpc) is 3.49. The highest BCUT2D eigenvalue weighted by Crippen LogP contribution is 2.14. The van der Waals surface area contributed by atoms with Crippen LogP contribution >= 0.6 is 31.9 Å². The lowest BCUT2D eigenvalue weighted by Gasteiger charge is -2.00. The molecule has 0 spiro atoms. The third-order valence-corrected chi connectivity index (χ3v) is 5.72. The van der Waals surface area contributed by atoms with Gasteiger partial charge in [-0.3, -0.25) is 9.97 Å². The first-order valence-electron chi connectivity index (χ1n) is 10.8. The summed E-state index contributed by atoms with van der Waals surface area (Å²) in [4.78, 5) is 46.2. The summed E-state index contributed by atoms with van der Waals surface area (Å²) in [6, 6.07) is 4.05. The van der Waals surface area contributed by atoms with E-state index in [1.807, 2.05) is 12.1 Å². The smallest absolute Gasteiger partial charge is 0.338 e. The molecule has 0 saturated heterocycles. The lowest BCUT2D eigenvalue weighted by atomic mass is 10.1. The quantitative estimate of drug-likeness (QED) is 0.201. The van der Waals surface area contributed by atoms with Gasteiger partial charge in [0.25, 0.3) is 0 Å². The fourth-order valence-corrected chi connectivity index (χ4v) is 4.00. The maximum atomic E-state index is 12.0. The summed E-state index contributed by atoms with van der Waals surface area (Å²) in [6.07, 6.45) is 14.9. The van der Waals surface area contributed by atoms with Gasteiger partial charge in [0.2, 0.25) is 0 Å². The van der Waals surface area contributed by atoms with E-state index in [9.17, 15) is 9.59 Å². The van der Waals surface area contributed by atoms with E-state index >= 15 is 0 Å². The highest BCUT2D eigenvalue weighted by Gasteiger charge is 2.10. The van der Waals surface area contributed by atoms with Gasteiger partial charge in [0.15, 0.2) is 0 Å². The molecule has 12 heteroatoms. The lowest BCUT2D eigenvalue weighted by molar-refractivity contribution is -0.132. The molecule has 4 aromatic rings. The van der Waals surface area contributed by atoms with Gasteiger partial charge in [0.1, 0.15) is 0 Å². The molecule has 10 nitrogen and oxygen atoms in total. The van der Waals surface area contributed by atoms with Gasteiger partial charge in [0.05, 0.1) is 12.4 Å². The van der Waals surface area contributed by atoms with Gasteiger partial charge in [-0.05, 0) is 80.8 Å². The number of H-pyrrole nitrogens is 2. The van der Waals surface area contributed by atoms with Gasteiger partial charge in [-0.25, -0.2) is 19.6 Å². The summed E-state index contributed by atoms with van der Waals surface area (Å²) in [5.74, 6) is -1.54. The minimum absolute atomic E-state index is 0.0386. The largest absolute Gasteiger partial charge is 0.389 e. The highest BCUT2D eigenvalue weighted by atomic mass is 79.9. The summed E-state index contributed by atoms with van der Waals surface area (Å²) in [6.45, 7) is 0. The van der Waals surface area contributed by atoms with Crippen LogP contribution in [0.2, 0.25) is 0 Å². The molecular formula is C24H20Br2N6O4. The number of halogens is 2. The van der Waals surface area contributed by atoms with Crippen molar-refractivity contribution in [1.29, 1.82) is 0 Å². The van der Waals surface area contributed by atoms with Crippen LogP contribution in [0.15, 0.2) is 70.4 Å². The Labute approximate surface area is 222 Å². The van der Waals surface area contributed by atoms with Crippen LogP contribution in [0.3, 0.4) is 0 Å². The van der Waals surface area contributed by atoms with Crippen LogP contribution in [0.5, 0.6) is 12.0 Å². The Balaban J connectivity index is 1.20. The topological polar surface area (TPSA) is 136 Å². The summed E-state index contributed by atoms with van der Waals surface area (Å²) < 4.78 is 12.0.